The van der Waals surface area contributed by atoms with Crippen molar-refractivity contribution in [1.82, 2.24) is 15.7 Å². The maximum Gasteiger partial charge on any atom is 0.244 e. The van der Waals surface area contributed by atoms with Crippen molar-refractivity contribution in [2.24, 2.45) is 5.92 Å². The van der Waals surface area contributed by atoms with E-state index in [-0.39, 0.29) is 18.4 Å². The van der Waals surface area contributed by atoms with Gasteiger partial charge in [0.15, 0.2) is 0 Å². The molecule has 3 N–H and O–H groups in total. The highest BCUT2D eigenvalue weighted by Crippen LogP contribution is 2.22. The van der Waals surface area contributed by atoms with Gasteiger partial charge in [-0.3, -0.25) is 14.8 Å². The fourth-order valence-corrected chi connectivity index (χ4v) is 4.23. The summed E-state index contributed by atoms with van der Waals surface area (Å²) in [5.41, 5.74) is 3.56. The molecule has 0 radical (unpaired) electrons. The molecule has 1 aliphatic rings. The van der Waals surface area contributed by atoms with E-state index in [0.29, 0.717) is 31.9 Å². The lowest BCUT2D eigenvalue weighted by atomic mass is 9.93. The molecule has 8 heteroatoms. The molecule has 192 valence electrons. The summed E-state index contributed by atoms with van der Waals surface area (Å²) in [6.45, 7) is 11.5. The molecule has 1 aromatic carbocycles. The van der Waals surface area contributed by atoms with Crippen LogP contribution in [0.1, 0.15) is 44.6 Å². The Labute approximate surface area is 208 Å². The number of likely N-dealkylation sites (tertiary alicyclic amines) is 1. The number of nitrogens with one attached hydrogen (secondary N) is 2. The van der Waals surface area contributed by atoms with E-state index in [1.807, 2.05) is 36.1 Å². The first kappa shape index (κ1) is 28.0. The summed E-state index contributed by atoms with van der Waals surface area (Å²) in [6.07, 6.45) is 7.07. The number of methoxy groups -OCH3 is 1. The molecule has 1 aromatic rings. The van der Waals surface area contributed by atoms with Gasteiger partial charge >= 0.3 is 0 Å². The van der Waals surface area contributed by atoms with Crippen LogP contribution in [0.2, 0.25) is 0 Å². The predicted molar refractivity (Wildman–Crippen MR) is 136 cm³/mol. The number of hydroxylamine groups is 1. The Morgan fingerprint density at radius 2 is 1.94 bits per heavy atom. The van der Waals surface area contributed by atoms with Crippen LogP contribution in [-0.4, -0.2) is 54.8 Å². The summed E-state index contributed by atoms with van der Waals surface area (Å²) in [5, 5.41) is 12.4. The zero-order valence-electron chi connectivity index (χ0n) is 20.9. The minimum atomic E-state index is -0.541. The Bertz CT molecular complexity index is 873. The second kappa shape index (κ2) is 14.9. The maximum absolute atomic E-state index is 13.2. The molecule has 0 aliphatic carbocycles. The van der Waals surface area contributed by atoms with E-state index in [4.69, 9.17) is 14.7 Å². The van der Waals surface area contributed by atoms with E-state index in [0.717, 1.165) is 42.7 Å². The Hall–Kier alpha value is -3.26. The van der Waals surface area contributed by atoms with Crippen molar-refractivity contribution in [2.75, 3.05) is 26.8 Å². The van der Waals surface area contributed by atoms with Gasteiger partial charge in [0.05, 0.1) is 13.7 Å². The van der Waals surface area contributed by atoms with Gasteiger partial charge in [-0.05, 0) is 62.8 Å². The first-order chi connectivity index (χ1) is 16.9. The van der Waals surface area contributed by atoms with Gasteiger partial charge in [0.25, 0.3) is 0 Å². The van der Waals surface area contributed by atoms with E-state index >= 15 is 0 Å². The van der Waals surface area contributed by atoms with E-state index in [9.17, 15) is 9.59 Å². The smallest absolute Gasteiger partial charge is 0.244 e. The van der Waals surface area contributed by atoms with Gasteiger partial charge in [0.2, 0.25) is 11.8 Å². The number of ether oxygens (including phenoxy) is 2. The van der Waals surface area contributed by atoms with Crippen LogP contribution in [0.25, 0.3) is 0 Å². The summed E-state index contributed by atoms with van der Waals surface area (Å²) in [5.74, 6) is 0.418. The van der Waals surface area contributed by atoms with Crippen LogP contribution < -0.4 is 15.5 Å². The molecule has 1 atom stereocenters. The second-order valence-electron chi connectivity index (χ2n) is 8.63. The third kappa shape index (κ3) is 9.48. The highest BCUT2D eigenvalue weighted by atomic mass is 16.5. The van der Waals surface area contributed by atoms with Crippen molar-refractivity contribution in [3.63, 3.8) is 0 Å². The largest absolute Gasteiger partial charge is 0.497 e. The van der Waals surface area contributed by atoms with Gasteiger partial charge in [-0.2, -0.15) is 0 Å². The number of hydrogen-bond acceptors (Lipinski definition) is 6. The minimum Gasteiger partial charge on any atom is -0.497 e. The lowest BCUT2D eigenvalue weighted by Gasteiger charge is -2.35. The molecule has 8 nitrogen and oxygen atoms in total. The second-order valence-corrected chi connectivity index (χ2v) is 8.63. The Morgan fingerprint density at radius 3 is 2.51 bits per heavy atom. The molecule has 0 aromatic heterocycles. The molecule has 35 heavy (non-hydrogen) atoms. The zero-order valence-corrected chi connectivity index (χ0v) is 20.9. The zero-order chi connectivity index (χ0) is 25.6. The number of hydrogen-bond donors (Lipinski definition) is 3. The van der Waals surface area contributed by atoms with Crippen LogP contribution in [0.15, 0.2) is 61.0 Å². The van der Waals surface area contributed by atoms with Gasteiger partial charge in [-0.25, -0.2) is 5.48 Å². The highest BCUT2D eigenvalue weighted by Gasteiger charge is 2.29. The van der Waals surface area contributed by atoms with Crippen LogP contribution >= 0.6 is 0 Å². The van der Waals surface area contributed by atoms with Gasteiger partial charge in [0, 0.05) is 43.2 Å². The van der Waals surface area contributed by atoms with Gasteiger partial charge in [0.1, 0.15) is 11.5 Å². The molecule has 1 fully saturated rings. The third-order valence-electron chi connectivity index (χ3n) is 6.11. The molecule has 1 unspecified atom stereocenters. The third-order valence-corrected chi connectivity index (χ3v) is 6.11. The summed E-state index contributed by atoms with van der Waals surface area (Å²) in [4.78, 5) is 26.9. The molecule has 2 rings (SSSR count). The minimum absolute atomic E-state index is 0.0280. The van der Waals surface area contributed by atoms with Gasteiger partial charge in [-0.1, -0.05) is 25.3 Å². The lowest BCUT2D eigenvalue weighted by molar-refractivity contribution is -0.141. The molecule has 1 heterocycles. The number of allylic oxidation sites excluding steroid dienone is 2. The number of piperidine rings is 1. The van der Waals surface area contributed by atoms with Crippen LogP contribution in [0, 0.1) is 5.92 Å². The van der Waals surface area contributed by atoms with Crippen molar-refractivity contribution in [1.29, 1.82) is 0 Å². The quantitative estimate of drug-likeness (QED) is 0.161. The molecular weight excluding hydrogens is 446 g/mol. The predicted octanol–water partition coefficient (Wildman–Crippen LogP) is 3.73. The maximum atomic E-state index is 13.2. The average molecular weight is 486 g/mol. The van der Waals surface area contributed by atoms with Crippen molar-refractivity contribution in [3.05, 3.63) is 66.6 Å². The Morgan fingerprint density at radius 1 is 1.26 bits per heavy atom. The molecule has 1 aliphatic heterocycles. The highest BCUT2D eigenvalue weighted by molar-refractivity contribution is 5.85. The average Bonchev–Trinajstić information content (AvgIpc) is 2.87. The summed E-state index contributed by atoms with van der Waals surface area (Å²) < 4.78 is 10.7. The van der Waals surface area contributed by atoms with Crippen LogP contribution in [-0.2, 0) is 20.7 Å². The summed E-state index contributed by atoms with van der Waals surface area (Å²) >= 11 is 0. The molecule has 2 amide bonds. The number of carbonyl (C=O) groups excluding carboxylic acids is 2. The Kier molecular flexibility index (Phi) is 11.9. The molecular formula is C27H39N3O5. The van der Waals surface area contributed by atoms with E-state index < -0.39 is 11.8 Å². The summed E-state index contributed by atoms with van der Waals surface area (Å²) in [6, 6.07) is 8.12. The van der Waals surface area contributed by atoms with Gasteiger partial charge in [-0.15, -0.1) is 0 Å². The molecule has 0 spiro atoms. The van der Waals surface area contributed by atoms with E-state index in [1.54, 1.807) is 24.7 Å². The normalized spacial score (nSPS) is 15.2. The standard InChI is InChI=1S/C27H39N3O5/c1-5-24(34-4)18-20(3)28-23-14-16-30(17-15-23)27(32)22(19-26(31)29-33)9-7-8-21-10-12-25(13-11-21)35-6-2/h5,10-13,18,22-23,28,33H,1,3,6-9,14-17,19H2,2,4H3,(H,29,31)/b24-18+. The molecule has 0 bridgehead atoms. The first-order valence-electron chi connectivity index (χ1n) is 12.2. The van der Waals surface area contributed by atoms with E-state index in [1.165, 1.54) is 0 Å². The molecule has 1 saturated heterocycles. The van der Waals surface area contributed by atoms with Crippen LogP contribution in [0.3, 0.4) is 0 Å². The fraction of sp³-hybridized carbons (Fsp3) is 0.481. The number of aryl methyl sites for hydroxylation is 1. The van der Waals surface area contributed by atoms with Crippen LogP contribution in [0.4, 0.5) is 0 Å². The number of rotatable bonds is 14. The van der Waals surface area contributed by atoms with Crippen molar-refractivity contribution in [3.8, 4) is 5.75 Å². The first-order valence-corrected chi connectivity index (χ1v) is 12.2. The van der Waals surface area contributed by atoms with Crippen molar-refractivity contribution >= 4 is 11.8 Å². The number of benzene rings is 1. The Balaban J connectivity index is 1.88. The number of nitrogens with zero attached hydrogens (tertiary/aromatic N) is 1. The topological polar surface area (TPSA) is 100 Å². The monoisotopic (exact) mass is 485 g/mol. The number of amides is 2. The van der Waals surface area contributed by atoms with Crippen molar-refractivity contribution < 1.29 is 24.3 Å². The van der Waals surface area contributed by atoms with Crippen LogP contribution in [0.5, 0.6) is 5.75 Å². The van der Waals surface area contributed by atoms with Crippen molar-refractivity contribution in [2.45, 2.75) is 51.5 Å². The SMILES string of the molecule is C=C/C(=C\C(=C)NC1CCN(C(=O)C(CCCc2ccc(OCC)cc2)CC(=O)NO)CC1)OC. The van der Waals surface area contributed by atoms with Gasteiger partial charge < -0.3 is 19.7 Å². The van der Waals surface area contributed by atoms with E-state index in [2.05, 4.69) is 18.5 Å². The lowest BCUT2D eigenvalue weighted by Crippen LogP contribution is -2.47. The number of carbonyl (C=O) groups is 2. The fourth-order valence-electron chi connectivity index (χ4n) is 4.23. The summed E-state index contributed by atoms with van der Waals surface area (Å²) in [7, 11) is 1.58. The molecule has 0 saturated carbocycles.